The summed E-state index contributed by atoms with van der Waals surface area (Å²) in [4.78, 5) is 59.1. The second kappa shape index (κ2) is 9.05. The van der Waals surface area contributed by atoms with Crippen molar-refractivity contribution in [2.24, 2.45) is 0 Å². The molecule has 0 saturated carbocycles. The van der Waals surface area contributed by atoms with Crippen molar-refractivity contribution in [1.29, 1.82) is 0 Å². The van der Waals surface area contributed by atoms with E-state index in [0.29, 0.717) is 35.2 Å². The Balaban J connectivity index is 1.35. The van der Waals surface area contributed by atoms with E-state index in [0.717, 1.165) is 21.6 Å². The van der Waals surface area contributed by atoms with Crippen LogP contribution in [0.3, 0.4) is 0 Å². The maximum absolute atomic E-state index is 15.7. The van der Waals surface area contributed by atoms with Gasteiger partial charge in [0.2, 0.25) is 9.74 Å². The standard InChI is InChI=1S/C33H32FN5O6S4/c1-5-28-24(42)38-20-13-15-11-12-16(34)14-18(15)30(20,21(40)32(38,48-46-28)26(44)36(28)3)31-17-9-7-8-10-19(17)35-23(31)39-25(43)29(6-2)37(4)27(45)33(39,22(31)41)49-47-29/h7-12,14,20-23,35,40-41H,5-6,13H2,1-4H3/t20-,21-,22-,23+,28-,29-,30-,31+,32-,33-/m0/s1. The average Bonchev–Trinajstić information content (AvgIpc) is 3.75. The molecule has 12 rings (SSSR count). The third-order valence-corrected chi connectivity index (χ3v) is 20.7. The summed E-state index contributed by atoms with van der Waals surface area (Å²) < 4.78 is 15.7. The Bertz CT molecular complexity index is 1990. The largest absolute Gasteiger partial charge is 0.388 e. The number of nitrogens with zero attached hydrogens (tertiary/aromatic N) is 4. The van der Waals surface area contributed by atoms with Crippen LogP contribution in [0.4, 0.5) is 10.1 Å². The van der Waals surface area contributed by atoms with Gasteiger partial charge < -0.3 is 30.2 Å². The lowest BCUT2D eigenvalue weighted by molar-refractivity contribution is -0.168. The molecular formula is C33H32FN5O6S4. The molecule has 2 aromatic rings. The van der Waals surface area contributed by atoms with Crippen molar-refractivity contribution < 1.29 is 33.8 Å². The molecule has 4 bridgehead atoms. The Morgan fingerprint density at radius 1 is 0.776 bits per heavy atom. The number of aliphatic hydroxyl groups excluding tert-OH is 2. The fourth-order valence-corrected chi connectivity index (χ4v) is 18.9. The number of aliphatic hydroxyl groups is 2. The summed E-state index contributed by atoms with van der Waals surface area (Å²) in [6.07, 6.45) is -3.68. The molecule has 1 aliphatic carbocycles. The van der Waals surface area contributed by atoms with Crippen molar-refractivity contribution in [2.45, 2.75) is 87.8 Å². The minimum Gasteiger partial charge on any atom is -0.388 e. The van der Waals surface area contributed by atoms with Crippen LogP contribution in [0, 0.1) is 5.82 Å². The molecule has 10 aliphatic rings. The highest BCUT2D eigenvalue weighted by atomic mass is 33.1. The van der Waals surface area contributed by atoms with Gasteiger partial charge in [0.1, 0.15) is 24.2 Å². The average molecular weight is 742 g/mol. The molecule has 2 spiro atoms. The fourth-order valence-electron chi connectivity index (χ4n) is 11.0. The third kappa shape index (κ3) is 2.68. The molecule has 8 saturated heterocycles. The minimum atomic E-state index is -1.83. The zero-order valence-electron chi connectivity index (χ0n) is 26.8. The number of fused-ring (bicyclic) bond motifs is 11. The van der Waals surface area contributed by atoms with Crippen LogP contribution in [0.1, 0.15) is 43.4 Å². The van der Waals surface area contributed by atoms with E-state index < -0.39 is 72.4 Å². The first kappa shape index (κ1) is 31.1. The van der Waals surface area contributed by atoms with E-state index >= 15 is 4.39 Å². The normalized spacial score (nSPS) is 45.0. The molecule has 4 amide bonds. The number of hydrogen-bond donors (Lipinski definition) is 3. The first-order chi connectivity index (χ1) is 23.3. The van der Waals surface area contributed by atoms with Gasteiger partial charge in [0.25, 0.3) is 23.6 Å². The Labute approximate surface area is 296 Å². The summed E-state index contributed by atoms with van der Waals surface area (Å²) >= 11 is 0. The van der Waals surface area contributed by atoms with Gasteiger partial charge in [-0.05, 0) is 75.7 Å². The second-order valence-electron chi connectivity index (χ2n) is 14.2. The van der Waals surface area contributed by atoms with E-state index in [9.17, 15) is 29.4 Å². The van der Waals surface area contributed by atoms with Gasteiger partial charge in [-0.2, -0.15) is 0 Å². The minimum absolute atomic E-state index is 0.168. The lowest BCUT2D eigenvalue weighted by Gasteiger charge is -2.59. The van der Waals surface area contributed by atoms with E-state index in [1.54, 1.807) is 31.1 Å². The summed E-state index contributed by atoms with van der Waals surface area (Å²) in [6.45, 7) is 3.69. The molecule has 3 N–H and O–H groups in total. The number of carbonyl (C=O) groups excluding carboxylic acids is 4. The first-order valence-corrected chi connectivity index (χ1v) is 20.6. The number of halogens is 1. The van der Waals surface area contributed by atoms with Crippen LogP contribution in [-0.4, -0.2) is 111 Å². The summed E-state index contributed by atoms with van der Waals surface area (Å²) in [7, 11) is 7.95. The Morgan fingerprint density at radius 3 is 1.98 bits per heavy atom. The van der Waals surface area contributed by atoms with Crippen LogP contribution in [0.5, 0.6) is 0 Å². The molecule has 0 unspecified atom stereocenters. The Kier molecular flexibility index (Phi) is 5.75. The quantitative estimate of drug-likeness (QED) is 0.401. The molecule has 16 heteroatoms. The van der Waals surface area contributed by atoms with Crippen molar-refractivity contribution >= 4 is 72.5 Å². The van der Waals surface area contributed by atoms with Gasteiger partial charge in [0.15, 0.2) is 9.74 Å². The number of benzene rings is 2. The highest BCUT2D eigenvalue weighted by Gasteiger charge is 2.92. The molecule has 0 aromatic heterocycles. The van der Waals surface area contributed by atoms with Crippen molar-refractivity contribution in [2.75, 3.05) is 19.4 Å². The molecule has 9 aliphatic heterocycles. The fraction of sp³-hybridized carbons (Fsp3) is 0.515. The lowest BCUT2D eigenvalue weighted by Crippen LogP contribution is -2.78. The molecule has 11 nitrogen and oxygen atoms in total. The van der Waals surface area contributed by atoms with Gasteiger partial charge in [-0.25, -0.2) is 4.39 Å². The summed E-state index contributed by atoms with van der Waals surface area (Å²) in [5.74, 6) is -2.18. The first-order valence-electron chi connectivity index (χ1n) is 16.3. The number of likely N-dealkylation sites (N-methyl/N-ethyl adjacent to an activating group) is 2. The maximum atomic E-state index is 15.7. The molecule has 8 fully saturated rings. The number of nitrogens with one attached hydrogen (secondary N) is 1. The van der Waals surface area contributed by atoms with Crippen molar-refractivity contribution in [3.8, 4) is 0 Å². The molecule has 2 aromatic carbocycles. The number of carbonyl (C=O) groups is 4. The Hall–Kier alpha value is -2.63. The van der Waals surface area contributed by atoms with E-state index in [2.05, 4.69) is 5.32 Å². The predicted molar refractivity (Wildman–Crippen MR) is 184 cm³/mol. The van der Waals surface area contributed by atoms with Gasteiger partial charge in [-0.15, -0.1) is 0 Å². The van der Waals surface area contributed by atoms with Crippen molar-refractivity contribution in [3.05, 3.63) is 65.0 Å². The van der Waals surface area contributed by atoms with Crippen LogP contribution in [0.25, 0.3) is 0 Å². The van der Waals surface area contributed by atoms with E-state index in [1.807, 2.05) is 32.0 Å². The summed E-state index contributed by atoms with van der Waals surface area (Å²) in [5, 5.41) is 30.3. The number of piperazine rings is 2. The third-order valence-electron chi connectivity index (χ3n) is 13.1. The molecule has 10 atom stereocenters. The number of para-hydroxylation sites is 1. The van der Waals surface area contributed by atoms with Crippen LogP contribution < -0.4 is 5.32 Å². The zero-order chi connectivity index (χ0) is 34.4. The van der Waals surface area contributed by atoms with E-state index in [4.69, 9.17) is 0 Å². The van der Waals surface area contributed by atoms with Gasteiger partial charge in [-0.3, -0.25) is 24.1 Å². The molecule has 0 radical (unpaired) electrons. The molecule has 49 heavy (non-hydrogen) atoms. The lowest BCUT2D eigenvalue weighted by atomic mass is 9.51. The van der Waals surface area contributed by atoms with E-state index in [1.165, 1.54) is 48.4 Å². The number of rotatable bonds is 3. The van der Waals surface area contributed by atoms with Crippen molar-refractivity contribution in [3.63, 3.8) is 0 Å². The van der Waals surface area contributed by atoms with Crippen LogP contribution in [0.2, 0.25) is 0 Å². The van der Waals surface area contributed by atoms with Crippen LogP contribution >= 0.6 is 43.2 Å². The number of amides is 4. The summed E-state index contributed by atoms with van der Waals surface area (Å²) in [6, 6.07) is 10.6. The maximum Gasteiger partial charge on any atom is 0.264 e. The Morgan fingerprint density at radius 2 is 1.35 bits per heavy atom. The van der Waals surface area contributed by atoms with Crippen molar-refractivity contribution in [1.82, 2.24) is 19.6 Å². The topological polar surface area (TPSA) is 134 Å². The molecular weight excluding hydrogens is 710 g/mol. The monoisotopic (exact) mass is 741 g/mol. The predicted octanol–water partition coefficient (Wildman–Crippen LogP) is 2.42. The van der Waals surface area contributed by atoms with Gasteiger partial charge >= 0.3 is 0 Å². The number of anilines is 1. The molecule has 256 valence electrons. The van der Waals surface area contributed by atoms with Crippen LogP contribution in [0.15, 0.2) is 42.5 Å². The number of hydrogen-bond acceptors (Lipinski definition) is 11. The highest BCUT2D eigenvalue weighted by molar-refractivity contribution is 8.78. The van der Waals surface area contributed by atoms with Gasteiger partial charge in [0.05, 0.1) is 16.9 Å². The smallest absolute Gasteiger partial charge is 0.264 e. The van der Waals surface area contributed by atoms with Gasteiger partial charge in [0, 0.05) is 19.8 Å². The zero-order valence-corrected chi connectivity index (χ0v) is 30.1. The van der Waals surface area contributed by atoms with E-state index in [-0.39, 0.29) is 18.2 Å². The SMILES string of the molecule is CC[C@@]12SS[C@]3(C(=O)N1C)[C@@H](O)[C@]1([C@@]45c6ccccc6N[C@@H]4N4C(=O)[C@]6(CC)SS[C@]4(C(=O)N6C)[C@H]5O)c4cc(F)ccc4C[C@@H]1N3C2=O. The van der Waals surface area contributed by atoms with Crippen LogP contribution in [-0.2, 0) is 36.4 Å². The summed E-state index contributed by atoms with van der Waals surface area (Å²) in [5.41, 5.74) is -1.37. The van der Waals surface area contributed by atoms with Gasteiger partial charge in [-0.1, -0.05) is 59.7 Å². The molecule has 9 heterocycles. The highest BCUT2D eigenvalue weighted by Crippen LogP contribution is 2.79. The second-order valence-corrected chi connectivity index (χ2v) is 19.5.